The predicted octanol–water partition coefficient (Wildman–Crippen LogP) is 4.90. The summed E-state index contributed by atoms with van der Waals surface area (Å²) >= 11 is 0. The van der Waals surface area contributed by atoms with Gasteiger partial charge in [-0.25, -0.2) is 0 Å². The maximum atomic E-state index is 5.17. The summed E-state index contributed by atoms with van der Waals surface area (Å²) in [4.78, 5) is 0. The lowest BCUT2D eigenvalue weighted by atomic mass is 10.0. The standard InChI is InChI=1S/C15H29O/c1-2-3-4-5-6-7-8-9-10-11-12-13-15-14-16-15/h12,15H,2-11,13-14H2,1H3. The number of ether oxygens (including phenoxy) is 1. The lowest BCUT2D eigenvalue weighted by Gasteiger charge is -2.01. The van der Waals surface area contributed by atoms with Crippen molar-refractivity contribution in [1.29, 1.82) is 0 Å². The molecular formula is C15H29O. The van der Waals surface area contributed by atoms with Crippen molar-refractivity contribution in [3.63, 3.8) is 0 Å². The van der Waals surface area contributed by atoms with Crippen LogP contribution in [0.25, 0.3) is 0 Å². The fourth-order valence-electron chi connectivity index (χ4n) is 2.11. The molecular weight excluding hydrogens is 196 g/mol. The Kier molecular flexibility index (Phi) is 8.88. The first-order valence-electron chi connectivity index (χ1n) is 7.36. The van der Waals surface area contributed by atoms with Crippen LogP contribution in [-0.2, 0) is 4.74 Å². The van der Waals surface area contributed by atoms with Crippen molar-refractivity contribution in [2.45, 2.75) is 83.7 Å². The second kappa shape index (κ2) is 10.1. The molecule has 16 heavy (non-hydrogen) atoms. The molecule has 0 aromatic rings. The average Bonchev–Trinajstić information content (AvgIpc) is 3.10. The third-order valence-corrected chi connectivity index (χ3v) is 3.34. The maximum Gasteiger partial charge on any atom is 0.0812 e. The van der Waals surface area contributed by atoms with E-state index in [2.05, 4.69) is 13.3 Å². The van der Waals surface area contributed by atoms with Gasteiger partial charge < -0.3 is 4.74 Å². The van der Waals surface area contributed by atoms with Crippen molar-refractivity contribution >= 4 is 0 Å². The van der Waals surface area contributed by atoms with Crippen LogP contribution in [-0.4, -0.2) is 12.7 Å². The largest absolute Gasteiger partial charge is 0.373 e. The Hall–Kier alpha value is -0.0400. The van der Waals surface area contributed by atoms with E-state index in [0.29, 0.717) is 6.10 Å². The van der Waals surface area contributed by atoms with E-state index in [4.69, 9.17) is 4.74 Å². The third kappa shape index (κ3) is 9.21. The molecule has 1 aliphatic rings. The molecule has 1 atom stereocenters. The molecule has 1 heteroatoms. The molecule has 0 saturated carbocycles. The van der Waals surface area contributed by atoms with Gasteiger partial charge in [-0.05, 0) is 12.8 Å². The van der Waals surface area contributed by atoms with Crippen LogP contribution in [0.15, 0.2) is 0 Å². The van der Waals surface area contributed by atoms with E-state index in [1.54, 1.807) is 0 Å². The highest BCUT2D eigenvalue weighted by molar-refractivity contribution is 4.77. The first kappa shape index (κ1) is 14.0. The topological polar surface area (TPSA) is 12.5 Å². The Bertz CT molecular complexity index is 140. The molecule has 95 valence electrons. The molecule has 0 aliphatic carbocycles. The van der Waals surface area contributed by atoms with Crippen LogP contribution in [0.2, 0.25) is 0 Å². The van der Waals surface area contributed by atoms with Gasteiger partial charge in [-0.1, -0.05) is 71.1 Å². The minimum atomic E-state index is 0.596. The highest BCUT2D eigenvalue weighted by Gasteiger charge is 2.20. The first-order valence-corrected chi connectivity index (χ1v) is 7.36. The van der Waals surface area contributed by atoms with E-state index in [0.717, 1.165) is 6.61 Å². The molecule has 0 aromatic heterocycles. The summed E-state index contributed by atoms with van der Waals surface area (Å²) in [5.41, 5.74) is 0. The normalized spacial score (nSPS) is 18.9. The molecule has 0 amide bonds. The Morgan fingerprint density at radius 2 is 1.50 bits per heavy atom. The molecule has 1 radical (unpaired) electrons. The number of unbranched alkanes of at least 4 members (excludes halogenated alkanes) is 10. The van der Waals surface area contributed by atoms with Crippen LogP contribution in [0.3, 0.4) is 0 Å². The molecule has 0 aromatic carbocycles. The molecule has 1 fully saturated rings. The van der Waals surface area contributed by atoms with Gasteiger partial charge in [0.1, 0.15) is 0 Å². The smallest absolute Gasteiger partial charge is 0.0812 e. The lowest BCUT2D eigenvalue weighted by Crippen LogP contribution is -1.87. The summed E-state index contributed by atoms with van der Waals surface area (Å²) in [7, 11) is 0. The lowest BCUT2D eigenvalue weighted by molar-refractivity contribution is 0.403. The molecule has 1 unspecified atom stereocenters. The number of hydrogen-bond donors (Lipinski definition) is 0. The average molecular weight is 225 g/mol. The highest BCUT2D eigenvalue weighted by atomic mass is 16.6. The van der Waals surface area contributed by atoms with E-state index >= 15 is 0 Å². The molecule has 0 bridgehead atoms. The molecule has 1 heterocycles. The summed E-state index contributed by atoms with van der Waals surface area (Å²) in [5.74, 6) is 0. The third-order valence-electron chi connectivity index (χ3n) is 3.34. The van der Waals surface area contributed by atoms with E-state index in [1.807, 2.05) is 0 Å². The summed E-state index contributed by atoms with van der Waals surface area (Å²) in [6, 6.07) is 0. The van der Waals surface area contributed by atoms with Gasteiger partial charge in [-0.2, -0.15) is 0 Å². The van der Waals surface area contributed by atoms with Gasteiger partial charge in [-0.15, -0.1) is 0 Å². The quantitative estimate of drug-likeness (QED) is 0.340. The fourth-order valence-corrected chi connectivity index (χ4v) is 2.11. The summed E-state index contributed by atoms with van der Waals surface area (Å²) in [6.07, 6.45) is 18.4. The number of epoxide rings is 1. The second-order valence-electron chi connectivity index (χ2n) is 5.10. The predicted molar refractivity (Wildman–Crippen MR) is 70.5 cm³/mol. The maximum absolute atomic E-state index is 5.17. The Balaban J connectivity index is 1.61. The molecule has 1 saturated heterocycles. The van der Waals surface area contributed by atoms with Gasteiger partial charge in [0.05, 0.1) is 12.7 Å². The monoisotopic (exact) mass is 225 g/mol. The molecule has 1 rings (SSSR count). The van der Waals surface area contributed by atoms with Crippen LogP contribution in [0.1, 0.15) is 77.6 Å². The zero-order valence-electron chi connectivity index (χ0n) is 11.0. The number of rotatable bonds is 12. The fraction of sp³-hybridized carbons (Fsp3) is 0.933. The van der Waals surface area contributed by atoms with Crippen molar-refractivity contribution in [3.8, 4) is 0 Å². The summed E-state index contributed by atoms with van der Waals surface area (Å²) in [6.45, 7) is 3.29. The van der Waals surface area contributed by atoms with Crippen molar-refractivity contribution in [1.82, 2.24) is 0 Å². The van der Waals surface area contributed by atoms with Crippen LogP contribution < -0.4 is 0 Å². The number of hydrogen-bond acceptors (Lipinski definition) is 1. The van der Waals surface area contributed by atoms with E-state index in [9.17, 15) is 0 Å². The van der Waals surface area contributed by atoms with Gasteiger partial charge >= 0.3 is 0 Å². The van der Waals surface area contributed by atoms with Crippen LogP contribution >= 0.6 is 0 Å². The molecule has 0 N–H and O–H groups in total. The molecule has 1 nitrogen and oxygen atoms in total. The van der Waals surface area contributed by atoms with Gasteiger partial charge in [0, 0.05) is 0 Å². The van der Waals surface area contributed by atoms with Gasteiger partial charge in [0.2, 0.25) is 0 Å². The minimum Gasteiger partial charge on any atom is -0.373 e. The van der Waals surface area contributed by atoms with E-state index < -0.39 is 0 Å². The van der Waals surface area contributed by atoms with Crippen molar-refractivity contribution in [2.75, 3.05) is 6.61 Å². The van der Waals surface area contributed by atoms with Crippen molar-refractivity contribution in [3.05, 3.63) is 6.42 Å². The SMILES string of the molecule is CCCCCCCCCCC[CH]CC1CO1. The minimum absolute atomic E-state index is 0.596. The van der Waals surface area contributed by atoms with Gasteiger partial charge in [0.15, 0.2) is 0 Å². The Labute approximate surface area is 102 Å². The molecule has 1 aliphatic heterocycles. The molecule has 0 spiro atoms. The summed E-state index contributed by atoms with van der Waals surface area (Å²) < 4.78 is 5.17. The highest BCUT2D eigenvalue weighted by Crippen LogP contribution is 2.17. The van der Waals surface area contributed by atoms with Crippen molar-refractivity contribution in [2.24, 2.45) is 0 Å². The van der Waals surface area contributed by atoms with E-state index in [-0.39, 0.29) is 0 Å². The van der Waals surface area contributed by atoms with Crippen LogP contribution in [0.4, 0.5) is 0 Å². The Morgan fingerprint density at radius 3 is 2.06 bits per heavy atom. The Morgan fingerprint density at radius 1 is 0.938 bits per heavy atom. The van der Waals surface area contributed by atoms with E-state index in [1.165, 1.54) is 70.6 Å². The zero-order chi connectivity index (χ0) is 11.5. The first-order chi connectivity index (χ1) is 7.93. The second-order valence-corrected chi connectivity index (χ2v) is 5.10. The zero-order valence-corrected chi connectivity index (χ0v) is 11.0. The van der Waals surface area contributed by atoms with Crippen LogP contribution in [0, 0.1) is 6.42 Å². The van der Waals surface area contributed by atoms with Gasteiger partial charge in [0.25, 0.3) is 0 Å². The van der Waals surface area contributed by atoms with Crippen molar-refractivity contribution < 1.29 is 4.74 Å². The summed E-state index contributed by atoms with van der Waals surface area (Å²) in [5, 5.41) is 0. The van der Waals surface area contributed by atoms with Crippen LogP contribution in [0.5, 0.6) is 0 Å². The van der Waals surface area contributed by atoms with Gasteiger partial charge in [-0.3, -0.25) is 0 Å².